The van der Waals surface area contributed by atoms with Crippen molar-refractivity contribution in [2.45, 2.75) is 11.6 Å². The molecule has 0 atom stereocenters. The SMILES string of the molecule is O=S(=O)(NCc1nc2ccccc2[nH]1)c1cnc[nH]1. The molecule has 8 heteroatoms. The van der Waals surface area contributed by atoms with Gasteiger partial charge in [0.05, 0.1) is 30.1 Å². The number of aromatic nitrogens is 4. The van der Waals surface area contributed by atoms with E-state index in [1.54, 1.807) is 0 Å². The third-order valence-corrected chi connectivity index (χ3v) is 3.96. The fraction of sp³-hybridized carbons (Fsp3) is 0.0909. The summed E-state index contributed by atoms with van der Waals surface area (Å²) >= 11 is 0. The second-order valence-electron chi connectivity index (χ2n) is 3.94. The summed E-state index contributed by atoms with van der Waals surface area (Å²) in [5.74, 6) is 0.560. The van der Waals surface area contributed by atoms with Crippen molar-refractivity contribution >= 4 is 21.1 Å². The molecule has 0 saturated heterocycles. The number of imidazole rings is 2. The number of sulfonamides is 1. The molecule has 0 aliphatic carbocycles. The Balaban J connectivity index is 1.79. The molecule has 0 aliphatic heterocycles. The van der Waals surface area contributed by atoms with Crippen LogP contribution in [0.4, 0.5) is 0 Å². The van der Waals surface area contributed by atoms with Crippen molar-refractivity contribution in [3.63, 3.8) is 0 Å². The average molecular weight is 277 g/mol. The van der Waals surface area contributed by atoms with Crippen molar-refractivity contribution in [2.24, 2.45) is 0 Å². The van der Waals surface area contributed by atoms with Gasteiger partial charge in [0.25, 0.3) is 10.0 Å². The molecule has 3 rings (SSSR count). The number of H-pyrrole nitrogens is 2. The number of aromatic amines is 2. The molecule has 3 N–H and O–H groups in total. The van der Waals surface area contributed by atoms with Crippen LogP contribution in [0.3, 0.4) is 0 Å². The Hall–Kier alpha value is -2.19. The zero-order valence-corrected chi connectivity index (χ0v) is 10.6. The minimum absolute atomic E-state index is 0.0311. The Morgan fingerprint density at radius 2 is 2.11 bits per heavy atom. The van der Waals surface area contributed by atoms with Crippen LogP contribution >= 0.6 is 0 Å². The van der Waals surface area contributed by atoms with Crippen LogP contribution < -0.4 is 4.72 Å². The molecule has 2 heterocycles. The second-order valence-corrected chi connectivity index (χ2v) is 5.68. The van der Waals surface area contributed by atoms with Gasteiger partial charge in [0.15, 0.2) is 5.03 Å². The van der Waals surface area contributed by atoms with E-state index in [1.807, 2.05) is 24.3 Å². The molecule has 0 aliphatic rings. The molecular formula is C11H11N5O2S. The molecule has 19 heavy (non-hydrogen) atoms. The Labute approximate surface area is 109 Å². The molecule has 1 aromatic carbocycles. The highest BCUT2D eigenvalue weighted by atomic mass is 32.2. The van der Waals surface area contributed by atoms with E-state index in [1.165, 1.54) is 12.5 Å². The van der Waals surface area contributed by atoms with E-state index in [2.05, 4.69) is 24.7 Å². The molecule has 0 saturated carbocycles. The van der Waals surface area contributed by atoms with Crippen molar-refractivity contribution < 1.29 is 8.42 Å². The molecule has 98 valence electrons. The Bertz CT molecular complexity index is 758. The van der Waals surface area contributed by atoms with Gasteiger partial charge in [0.2, 0.25) is 0 Å². The summed E-state index contributed by atoms with van der Waals surface area (Å²) in [4.78, 5) is 13.6. The molecule has 0 bridgehead atoms. The number of nitrogens with zero attached hydrogens (tertiary/aromatic N) is 2. The number of benzene rings is 1. The van der Waals surface area contributed by atoms with Gasteiger partial charge in [-0.25, -0.2) is 23.1 Å². The fourth-order valence-electron chi connectivity index (χ4n) is 1.72. The van der Waals surface area contributed by atoms with Crippen LogP contribution in [0.25, 0.3) is 11.0 Å². The smallest absolute Gasteiger partial charge is 0.258 e. The van der Waals surface area contributed by atoms with Gasteiger partial charge in [0, 0.05) is 0 Å². The molecule has 7 nitrogen and oxygen atoms in total. The molecule has 0 amide bonds. The molecule has 0 spiro atoms. The van der Waals surface area contributed by atoms with Gasteiger partial charge < -0.3 is 9.97 Å². The summed E-state index contributed by atoms with van der Waals surface area (Å²) in [6.07, 6.45) is 2.57. The predicted molar refractivity (Wildman–Crippen MR) is 68.7 cm³/mol. The average Bonchev–Trinajstić information content (AvgIpc) is 3.05. The highest BCUT2D eigenvalue weighted by molar-refractivity contribution is 7.89. The maximum atomic E-state index is 11.9. The third kappa shape index (κ3) is 2.35. The molecule has 0 unspecified atom stereocenters. The summed E-state index contributed by atoms with van der Waals surface area (Å²) in [7, 11) is -3.58. The van der Waals surface area contributed by atoms with Crippen LogP contribution in [0.1, 0.15) is 5.82 Å². The monoisotopic (exact) mass is 277 g/mol. The van der Waals surface area contributed by atoms with Gasteiger partial charge in [-0.05, 0) is 12.1 Å². The lowest BCUT2D eigenvalue weighted by Crippen LogP contribution is -2.24. The minimum atomic E-state index is -3.58. The van der Waals surface area contributed by atoms with Crippen LogP contribution in [-0.4, -0.2) is 28.4 Å². The number of para-hydroxylation sites is 2. The first-order chi connectivity index (χ1) is 9.15. The van der Waals surface area contributed by atoms with Crippen LogP contribution in [0.5, 0.6) is 0 Å². The lowest BCUT2D eigenvalue weighted by atomic mass is 10.3. The van der Waals surface area contributed by atoms with E-state index < -0.39 is 10.0 Å². The number of hydrogen-bond donors (Lipinski definition) is 3. The number of nitrogens with one attached hydrogen (secondary N) is 3. The van der Waals surface area contributed by atoms with Crippen LogP contribution in [0.15, 0.2) is 41.8 Å². The molecule has 2 aromatic heterocycles. The highest BCUT2D eigenvalue weighted by Gasteiger charge is 2.15. The summed E-state index contributed by atoms with van der Waals surface area (Å²) in [6, 6.07) is 7.51. The van der Waals surface area contributed by atoms with Crippen molar-refractivity contribution in [3.05, 3.63) is 42.6 Å². The number of fused-ring (bicyclic) bond motifs is 1. The highest BCUT2D eigenvalue weighted by Crippen LogP contribution is 2.10. The number of hydrogen-bond acceptors (Lipinski definition) is 4. The topological polar surface area (TPSA) is 104 Å². The third-order valence-electron chi connectivity index (χ3n) is 2.63. The lowest BCUT2D eigenvalue weighted by molar-refractivity contribution is 0.576. The van der Waals surface area contributed by atoms with E-state index in [9.17, 15) is 8.42 Å². The van der Waals surface area contributed by atoms with Gasteiger partial charge in [-0.1, -0.05) is 12.1 Å². The second kappa shape index (κ2) is 4.48. The first kappa shape index (κ1) is 11.9. The predicted octanol–water partition coefficient (Wildman–Crippen LogP) is 0.764. The van der Waals surface area contributed by atoms with Gasteiger partial charge in [-0.3, -0.25) is 0 Å². The van der Waals surface area contributed by atoms with Crippen molar-refractivity contribution in [1.82, 2.24) is 24.7 Å². The number of rotatable bonds is 4. The van der Waals surface area contributed by atoms with E-state index in [0.29, 0.717) is 5.82 Å². The molecule has 0 fully saturated rings. The van der Waals surface area contributed by atoms with Gasteiger partial charge in [0.1, 0.15) is 5.82 Å². The summed E-state index contributed by atoms with van der Waals surface area (Å²) in [5, 5.41) is 0.0311. The van der Waals surface area contributed by atoms with E-state index in [-0.39, 0.29) is 11.6 Å². The van der Waals surface area contributed by atoms with Gasteiger partial charge in [-0.2, -0.15) is 0 Å². The first-order valence-corrected chi connectivity index (χ1v) is 7.05. The zero-order chi connectivity index (χ0) is 13.3. The van der Waals surface area contributed by atoms with E-state index in [0.717, 1.165) is 11.0 Å². The maximum Gasteiger partial charge on any atom is 0.258 e. The summed E-state index contributed by atoms with van der Waals surface area (Å²) < 4.78 is 26.2. The molecule has 0 radical (unpaired) electrons. The van der Waals surface area contributed by atoms with Gasteiger partial charge >= 0.3 is 0 Å². The molecule has 3 aromatic rings. The minimum Gasteiger partial charge on any atom is -0.341 e. The van der Waals surface area contributed by atoms with Crippen molar-refractivity contribution in [1.29, 1.82) is 0 Å². The summed E-state index contributed by atoms with van der Waals surface area (Å²) in [6.45, 7) is 0.0933. The summed E-state index contributed by atoms with van der Waals surface area (Å²) in [5.41, 5.74) is 1.68. The largest absolute Gasteiger partial charge is 0.341 e. The quantitative estimate of drug-likeness (QED) is 0.655. The fourth-order valence-corrected chi connectivity index (χ4v) is 2.61. The molecular weight excluding hydrogens is 266 g/mol. The standard InChI is InChI=1S/C11H11N5O2S/c17-19(18,11-6-12-7-13-11)14-5-10-15-8-3-1-2-4-9(8)16-10/h1-4,6-7,14H,5H2,(H,12,13)(H,15,16). The van der Waals surface area contributed by atoms with Crippen LogP contribution in [0.2, 0.25) is 0 Å². The van der Waals surface area contributed by atoms with Crippen molar-refractivity contribution in [2.75, 3.05) is 0 Å². The maximum absolute atomic E-state index is 11.9. The first-order valence-electron chi connectivity index (χ1n) is 5.57. The van der Waals surface area contributed by atoms with E-state index >= 15 is 0 Å². The Morgan fingerprint density at radius 3 is 2.84 bits per heavy atom. The Kier molecular flexibility index (Phi) is 2.80. The van der Waals surface area contributed by atoms with E-state index in [4.69, 9.17) is 0 Å². The normalized spacial score (nSPS) is 12.0. The lowest BCUT2D eigenvalue weighted by Gasteiger charge is -2.01. The van der Waals surface area contributed by atoms with Gasteiger partial charge in [-0.15, -0.1) is 0 Å². The van der Waals surface area contributed by atoms with Crippen LogP contribution in [-0.2, 0) is 16.6 Å². The van der Waals surface area contributed by atoms with Crippen LogP contribution in [0, 0.1) is 0 Å². The Morgan fingerprint density at radius 1 is 1.26 bits per heavy atom. The van der Waals surface area contributed by atoms with Crippen molar-refractivity contribution in [3.8, 4) is 0 Å². The zero-order valence-electron chi connectivity index (χ0n) is 9.79.